The van der Waals surface area contributed by atoms with E-state index in [1.165, 1.54) is 12.1 Å². The molecule has 1 aromatic carbocycles. The number of amides is 1. The molecule has 22 heavy (non-hydrogen) atoms. The molecule has 0 unspecified atom stereocenters. The van der Waals surface area contributed by atoms with Gasteiger partial charge in [0.1, 0.15) is 5.82 Å². The number of nitrogens with zero attached hydrogens (tertiary/aromatic N) is 1. The summed E-state index contributed by atoms with van der Waals surface area (Å²) in [6.07, 6.45) is 0.271. The van der Waals surface area contributed by atoms with Crippen LogP contribution in [0, 0.1) is 12.7 Å². The summed E-state index contributed by atoms with van der Waals surface area (Å²) in [4.78, 5) is 17.6. The Hall–Kier alpha value is -1.88. The van der Waals surface area contributed by atoms with Crippen molar-refractivity contribution in [1.82, 2.24) is 15.2 Å². The van der Waals surface area contributed by atoms with Gasteiger partial charge in [0.2, 0.25) is 5.91 Å². The van der Waals surface area contributed by atoms with Crippen molar-refractivity contribution in [3.05, 3.63) is 35.3 Å². The number of rotatable bonds is 7. The number of carbonyl (C=O) groups is 1. The number of fused-ring (bicyclic) bond motifs is 1. The number of carbonyl (C=O) groups excluding carboxylic acids is 1. The quantitative estimate of drug-likeness (QED) is 0.826. The van der Waals surface area contributed by atoms with Gasteiger partial charge in [-0.1, -0.05) is 13.8 Å². The summed E-state index contributed by atoms with van der Waals surface area (Å²) in [5, 5.41) is 3.73. The van der Waals surface area contributed by atoms with E-state index in [-0.39, 0.29) is 18.1 Å². The second kappa shape index (κ2) is 7.40. The number of likely N-dealkylation sites (N-methyl/N-ethyl adjacent to an activating group) is 1. The molecule has 0 fully saturated rings. The average Bonchev–Trinajstić information content (AvgIpc) is 2.79. The van der Waals surface area contributed by atoms with Crippen molar-refractivity contribution in [3.8, 4) is 0 Å². The lowest BCUT2D eigenvalue weighted by molar-refractivity contribution is -0.120. The van der Waals surface area contributed by atoms with Gasteiger partial charge in [-0.25, -0.2) is 4.39 Å². The van der Waals surface area contributed by atoms with Crippen LogP contribution in [0.25, 0.3) is 10.9 Å². The van der Waals surface area contributed by atoms with Crippen LogP contribution in [0.5, 0.6) is 0 Å². The lowest BCUT2D eigenvalue weighted by Crippen LogP contribution is -2.35. The number of nitrogens with one attached hydrogen (secondary N) is 2. The van der Waals surface area contributed by atoms with Gasteiger partial charge in [0.25, 0.3) is 0 Å². The van der Waals surface area contributed by atoms with Crippen LogP contribution < -0.4 is 5.32 Å². The molecule has 5 heteroatoms. The van der Waals surface area contributed by atoms with Crippen molar-refractivity contribution in [2.45, 2.75) is 27.2 Å². The Bertz CT molecular complexity index is 647. The standard InChI is InChI=1S/C17H24FN3O/c1-4-21(5-2)9-8-19-17(22)11-14-12(3)20-16-7-6-13(18)10-15(14)16/h6-7,10,20H,4-5,8-9,11H2,1-3H3,(H,19,22). The predicted molar refractivity (Wildman–Crippen MR) is 87.5 cm³/mol. The maximum absolute atomic E-state index is 13.4. The normalized spacial score (nSPS) is 11.3. The van der Waals surface area contributed by atoms with Gasteiger partial charge in [0.15, 0.2) is 0 Å². The molecule has 2 aromatic rings. The minimum absolute atomic E-state index is 0.0274. The first-order valence-electron chi connectivity index (χ1n) is 7.80. The van der Waals surface area contributed by atoms with E-state index in [4.69, 9.17) is 0 Å². The third-order valence-corrected chi connectivity index (χ3v) is 4.06. The second-order valence-electron chi connectivity index (χ2n) is 5.47. The number of benzene rings is 1. The summed E-state index contributed by atoms with van der Waals surface area (Å²) in [6, 6.07) is 4.61. The third-order valence-electron chi connectivity index (χ3n) is 4.06. The fourth-order valence-corrected chi connectivity index (χ4v) is 2.70. The number of aromatic nitrogens is 1. The highest BCUT2D eigenvalue weighted by Gasteiger charge is 2.13. The lowest BCUT2D eigenvalue weighted by atomic mass is 10.1. The van der Waals surface area contributed by atoms with Crippen LogP contribution in [0.15, 0.2) is 18.2 Å². The Labute approximate surface area is 130 Å². The van der Waals surface area contributed by atoms with Crippen LogP contribution in [0.1, 0.15) is 25.1 Å². The first kappa shape index (κ1) is 16.5. The van der Waals surface area contributed by atoms with Gasteiger partial charge in [-0.2, -0.15) is 0 Å². The SMILES string of the molecule is CCN(CC)CCNC(=O)Cc1c(C)[nH]c2ccc(F)cc12. The van der Waals surface area contributed by atoms with Gasteiger partial charge in [0, 0.05) is 29.7 Å². The summed E-state index contributed by atoms with van der Waals surface area (Å²) in [5.41, 5.74) is 2.65. The zero-order valence-electron chi connectivity index (χ0n) is 13.5. The highest BCUT2D eigenvalue weighted by Crippen LogP contribution is 2.23. The van der Waals surface area contributed by atoms with Crippen molar-refractivity contribution < 1.29 is 9.18 Å². The van der Waals surface area contributed by atoms with E-state index in [0.717, 1.165) is 41.8 Å². The van der Waals surface area contributed by atoms with Crippen molar-refractivity contribution in [2.24, 2.45) is 0 Å². The molecule has 2 rings (SSSR count). The van der Waals surface area contributed by atoms with Gasteiger partial charge in [0.05, 0.1) is 6.42 Å². The molecular formula is C17H24FN3O. The Morgan fingerprint density at radius 2 is 2.05 bits per heavy atom. The zero-order chi connectivity index (χ0) is 16.1. The Morgan fingerprint density at radius 3 is 2.73 bits per heavy atom. The lowest BCUT2D eigenvalue weighted by Gasteiger charge is -2.17. The third kappa shape index (κ3) is 3.85. The topological polar surface area (TPSA) is 48.1 Å². The Balaban J connectivity index is 2.00. The maximum atomic E-state index is 13.4. The minimum Gasteiger partial charge on any atom is -0.358 e. The molecule has 1 heterocycles. The van der Waals surface area contributed by atoms with Crippen molar-refractivity contribution in [1.29, 1.82) is 0 Å². The molecule has 0 aliphatic carbocycles. The molecule has 0 radical (unpaired) electrons. The highest BCUT2D eigenvalue weighted by atomic mass is 19.1. The van der Waals surface area contributed by atoms with Gasteiger partial charge >= 0.3 is 0 Å². The first-order chi connectivity index (χ1) is 10.5. The summed E-state index contributed by atoms with van der Waals surface area (Å²) in [5.74, 6) is -0.310. The highest BCUT2D eigenvalue weighted by molar-refractivity contribution is 5.90. The van der Waals surface area contributed by atoms with Crippen LogP contribution in [0.3, 0.4) is 0 Å². The van der Waals surface area contributed by atoms with E-state index in [1.807, 2.05) is 6.92 Å². The molecule has 0 aliphatic heterocycles. The van der Waals surface area contributed by atoms with Crippen molar-refractivity contribution in [2.75, 3.05) is 26.2 Å². The molecule has 0 saturated heterocycles. The molecule has 0 atom stereocenters. The van der Waals surface area contributed by atoms with Crippen LogP contribution in [-0.4, -0.2) is 42.0 Å². The molecule has 4 nitrogen and oxygen atoms in total. The summed E-state index contributed by atoms with van der Waals surface area (Å²) >= 11 is 0. The molecular weight excluding hydrogens is 281 g/mol. The van der Waals surface area contributed by atoms with Crippen LogP contribution in [-0.2, 0) is 11.2 Å². The van der Waals surface area contributed by atoms with Gasteiger partial charge in [-0.15, -0.1) is 0 Å². The largest absolute Gasteiger partial charge is 0.358 e. The predicted octanol–water partition coefficient (Wildman–Crippen LogP) is 2.62. The maximum Gasteiger partial charge on any atom is 0.224 e. The average molecular weight is 305 g/mol. The van der Waals surface area contributed by atoms with Crippen LogP contribution in [0.4, 0.5) is 4.39 Å². The van der Waals surface area contributed by atoms with Crippen molar-refractivity contribution >= 4 is 16.8 Å². The fourth-order valence-electron chi connectivity index (χ4n) is 2.70. The van der Waals surface area contributed by atoms with E-state index in [9.17, 15) is 9.18 Å². The molecule has 1 amide bonds. The molecule has 0 bridgehead atoms. The van der Waals surface area contributed by atoms with Gasteiger partial charge in [-0.05, 0) is 43.8 Å². The Kier molecular flexibility index (Phi) is 5.55. The zero-order valence-corrected chi connectivity index (χ0v) is 13.5. The number of hydrogen-bond acceptors (Lipinski definition) is 2. The number of H-pyrrole nitrogens is 1. The smallest absolute Gasteiger partial charge is 0.224 e. The monoisotopic (exact) mass is 305 g/mol. The molecule has 120 valence electrons. The van der Waals surface area contributed by atoms with Crippen LogP contribution in [0.2, 0.25) is 0 Å². The minimum atomic E-state index is -0.283. The Morgan fingerprint density at radius 1 is 1.32 bits per heavy atom. The molecule has 0 aliphatic rings. The number of halogens is 1. The molecule has 0 spiro atoms. The first-order valence-corrected chi connectivity index (χ1v) is 7.80. The van der Waals surface area contributed by atoms with E-state index >= 15 is 0 Å². The summed E-state index contributed by atoms with van der Waals surface area (Å²) in [6.45, 7) is 9.57. The van der Waals surface area contributed by atoms with E-state index in [1.54, 1.807) is 6.07 Å². The number of aromatic amines is 1. The summed E-state index contributed by atoms with van der Waals surface area (Å²) in [7, 11) is 0. The molecule has 2 N–H and O–H groups in total. The fraction of sp³-hybridized carbons (Fsp3) is 0.471. The molecule has 0 saturated carbocycles. The second-order valence-corrected chi connectivity index (χ2v) is 5.47. The van der Waals surface area contributed by atoms with Crippen LogP contribution >= 0.6 is 0 Å². The summed E-state index contributed by atoms with van der Waals surface area (Å²) < 4.78 is 13.4. The van der Waals surface area contributed by atoms with E-state index in [2.05, 4.69) is 29.0 Å². The van der Waals surface area contributed by atoms with E-state index < -0.39 is 0 Å². The van der Waals surface area contributed by atoms with E-state index in [0.29, 0.717) is 6.54 Å². The number of hydrogen-bond donors (Lipinski definition) is 2. The molecule has 1 aromatic heterocycles. The van der Waals surface area contributed by atoms with Gasteiger partial charge in [-0.3, -0.25) is 4.79 Å². The van der Waals surface area contributed by atoms with Gasteiger partial charge < -0.3 is 15.2 Å². The van der Waals surface area contributed by atoms with Crippen molar-refractivity contribution in [3.63, 3.8) is 0 Å². The number of aryl methyl sites for hydroxylation is 1.